The van der Waals surface area contributed by atoms with E-state index in [1.807, 2.05) is 18.2 Å². The van der Waals surface area contributed by atoms with Gasteiger partial charge in [0.25, 0.3) is 0 Å². The number of amides is 2. The first-order chi connectivity index (χ1) is 13.1. The molecular weight excluding hydrogens is 364 g/mol. The van der Waals surface area contributed by atoms with Gasteiger partial charge in [-0.15, -0.1) is 0 Å². The highest BCUT2D eigenvalue weighted by Crippen LogP contribution is 2.27. The molecule has 2 amide bonds. The van der Waals surface area contributed by atoms with Gasteiger partial charge in [-0.3, -0.25) is 9.59 Å². The van der Waals surface area contributed by atoms with E-state index in [0.717, 1.165) is 19.3 Å². The first-order valence-corrected chi connectivity index (χ1v) is 9.42. The van der Waals surface area contributed by atoms with Crippen molar-refractivity contribution in [2.45, 2.75) is 19.3 Å². The minimum Gasteiger partial charge on any atom is -0.495 e. The average Bonchev–Trinajstić information content (AvgIpc) is 2.69. The van der Waals surface area contributed by atoms with Crippen LogP contribution in [0.5, 0.6) is 5.75 Å². The quantitative estimate of drug-likeness (QED) is 0.814. The van der Waals surface area contributed by atoms with Gasteiger partial charge < -0.3 is 15.0 Å². The maximum atomic E-state index is 12.4. The number of hydrogen-bond donors (Lipinski definition) is 1. The Morgan fingerprint density at radius 1 is 1.15 bits per heavy atom. The standard InChI is InChI=1S/C21H23ClN2O3/c1-27-19-8-7-17(14-18(19)22)23-20(25)21(26)24-11-9-16(10-12-24)13-15-5-3-2-4-6-15/h2-8,14,16H,9-13H2,1H3,(H,23,25). The van der Waals surface area contributed by atoms with Gasteiger partial charge in [0.15, 0.2) is 0 Å². The Bertz CT molecular complexity index is 802. The number of hydrogen-bond acceptors (Lipinski definition) is 3. The van der Waals surface area contributed by atoms with Gasteiger partial charge in [0.05, 0.1) is 12.1 Å². The van der Waals surface area contributed by atoms with E-state index in [9.17, 15) is 9.59 Å². The number of ether oxygens (including phenoxy) is 1. The molecule has 0 spiro atoms. The van der Waals surface area contributed by atoms with Crippen LogP contribution in [0.4, 0.5) is 5.69 Å². The van der Waals surface area contributed by atoms with E-state index >= 15 is 0 Å². The molecule has 1 N–H and O–H groups in total. The molecule has 3 rings (SSSR count). The number of anilines is 1. The molecule has 5 nitrogen and oxygen atoms in total. The van der Waals surface area contributed by atoms with Crippen LogP contribution in [0.3, 0.4) is 0 Å². The van der Waals surface area contributed by atoms with E-state index in [0.29, 0.717) is 35.5 Å². The second kappa shape index (κ2) is 8.91. The van der Waals surface area contributed by atoms with E-state index in [4.69, 9.17) is 16.3 Å². The van der Waals surface area contributed by atoms with Gasteiger partial charge in [-0.2, -0.15) is 0 Å². The molecule has 0 radical (unpaired) electrons. The molecule has 27 heavy (non-hydrogen) atoms. The van der Waals surface area contributed by atoms with Crippen LogP contribution in [0.25, 0.3) is 0 Å². The summed E-state index contributed by atoms with van der Waals surface area (Å²) in [6, 6.07) is 15.2. The van der Waals surface area contributed by atoms with Crippen molar-refractivity contribution in [1.29, 1.82) is 0 Å². The van der Waals surface area contributed by atoms with Gasteiger partial charge in [0.2, 0.25) is 0 Å². The number of methoxy groups -OCH3 is 1. The molecule has 2 aromatic rings. The summed E-state index contributed by atoms with van der Waals surface area (Å²) in [6.45, 7) is 1.21. The highest BCUT2D eigenvalue weighted by molar-refractivity contribution is 6.39. The number of carbonyl (C=O) groups is 2. The van der Waals surface area contributed by atoms with Crippen LogP contribution >= 0.6 is 11.6 Å². The second-order valence-electron chi connectivity index (χ2n) is 6.73. The van der Waals surface area contributed by atoms with Crippen LogP contribution in [0, 0.1) is 5.92 Å². The van der Waals surface area contributed by atoms with Crippen LogP contribution in [0.1, 0.15) is 18.4 Å². The summed E-state index contributed by atoms with van der Waals surface area (Å²) in [7, 11) is 1.52. The molecular formula is C21H23ClN2O3. The van der Waals surface area contributed by atoms with E-state index in [2.05, 4.69) is 17.4 Å². The Morgan fingerprint density at radius 3 is 2.48 bits per heavy atom. The van der Waals surface area contributed by atoms with Crippen molar-refractivity contribution in [3.63, 3.8) is 0 Å². The Labute approximate surface area is 164 Å². The molecule has 1 heterocycles. The van der Waals surface area contributed by atoms with Gasteiger partial charge in [-0.1, -0.05) is 41.9 Å². The van der Waals surface area contributed by atoms with E-state index in [1.165, 1.54) is 12.7 Å². The predicted molar refractivity (Wildman–Crippen MR) is 106 cm³/mol. The van der Waals surface area contributed by atoms with Crippen molar-refractivity contribution < 1.29 is 14.3 Å². The average molecular weight is 387 g/mol. The van der Waals surface area contributed by atoms with Gasteiger partial charge in [0.1, 0.15) is 5.75 Å². The predicted octanol–water partition coefficient (Wildman–Crippen LogP) is 3.77. The molecule has 0 saturated carbocycles. The zero-order valence-corrected chi connectivity index (χ0v) is 16.0. The van der Waals surface area contributed by atoms with Gasteiger partial charge in [-0.25, -0.2) is 0 Å². The zero-order valence-electron chi connectivity index (χ0n) is 15.3. The number of rotatable bonds is 4. The van der Waals surface area contributed by atoms with E-state index in [1.54, 1.807) is 23.1 Å². The zero-order chi connectivity index (χ0) is 19.2. The molecule has 0 atom stereocenters. The topological polar surface area (TPSA) is 58.6 Å². The van der Waals surface area contributed by atoms with Gasteiger partial charge >= 0.3 is 11.8 Å². The lowest BCUT2D eigenvalue weighted by molar-refractivity contribution is -0.144. The maximum Gasteiger partial charge on any atom is 0.313 e. The normalized spacial score (nSPS) is 14.7. The molecule has 1 saturated heterocycles. The van der Waals surface area contributed by atoms with Crippen LogP contribution in [-0.2, 0) is 16.0 Å². The molecule has 0 aliphatic carbocycles. The summed E-state index contributed by atoms with van der Waals surface area (Å²) in [5.74, 6) is -0.0840. The largest absolute Gasteiger partial charge is 0.495 e. The number of nitrogens with one attached hydrogen (secondary N) is 1. The van der Waals surface area contributed by atoms with Crippen molar-refractivity contribution in [1.82, 2.24) is 4.90 Å². The van der Waals surface area contributed by atoms with Crippen LogP contribution in [0.2, 0.25) is 5.02 Å². The molecule has 0 aromatic heterocycles. The SMILES string of the molecule is COc1ccc(NC(=O)C(=O)N2CCC(Cc3ccccc3)CC2)cc1Cl. The molecule has 142 valence electrons. The third-order valence-electron chi connectivity index (χ3n) is 4.87. The summed E-state index contributed by atoms with van der Waals surface area (Å²) in [5, 5.41) is 2.99. The van der Waals surface area contributed by atoms with Crippen molar-refractivity contribution in [2.75, 3.05) is 25.5 Å². The van der Waals surface area contributed by atoms with Gasteiger partial charge in [0, 0.05) is 18.8 Å². The number of nitrogens with zero attached hydrogens (tertiary/aromatic N) is 1. The number of carbonyl (C=O) groups excluding carboxylic acids is 2. The van der Waals surface area contributed by atoms with Crippen molar-refractivity contribution in [2.24, 2.45) is 5.92 Å². The smallest absolute Gasteiger partial charge is 0.313 e. The lowest BCUT2D eigenvalue weighted by atomic mass is 9.90. The van der Waals surface area contributed by atoms with Crippen molar-refractivity contribution in [3.8, 4) is 5.75 Å². The fraction of sp³-hybridized carbons (Fsp3) is 0.333. The summed E-state index contributed by atoms with van der Waals surface area (Å²) < 4.78 is 5.08. The van der Waals surface area contributed by atoms with Gasteiger partial charge in [-0.05, 0) is 48.9 Å². The van der Waals surface area contributed by atoms with Crippen molar-refractivity contribution >= 4 is 29.1 Å². The Morgan fingerprint density at radius 2 is 1.85 bits per heavy atom. The fourth-order valence-corrected chi connectivity index (χ4v) is 3.62. The number of halogens is 1. The maximum absolute atomic E-state index is 12.4. The van der Waals surface area contributed by atoms with Crippen LogP contribution in [0.15, 0.2) is 48.5 Å². The second-order valence-corrected chi connectivity index (χ2v) is 7.14. The first kappa shape index (κ1) is 19.2. The van der Waals surface area contributed by atoms with E-state index in [-0.39, 0.29) is 0 Å². The minimum absolute atomic E-state index is 0.379. The van der Waals surface area contributed by atoms with Crippen LogP contribution in [-0.4, -0.2) is 36.9 Å². The summed E-state index contributed by atoms with van der Waals surface area (Å²) in [5.41, 5.74) is 1.79. The molecule has 1 fully saturated rings. The first-order valence-electron chi connectivity index (χ1n) is 9.04. The lowest BCUT2D eigenvalue weighted by Crippen LogP contribution is -2.44. The number of piperidine rings is 1. The molecule has 1 aliphatic rings. The minimum atomic E-state index is -0.641. The van der Waals surface area contributed by atoms with E-state index < -0.39 is 11.8 Å². The van der Waals surface area contributed by atoms with Crippen LogP contribution < -0.4 is 10.1 Å². The molecule has 2 aromatic carbocycles. The molecule has 6 heteroatoms. The fourth-order valence-electron chi connectivity index (χ4n) is 3.36. The Balaban J connectivity index is 1.51. The third-order valence-corrected chi connectivity index (χ3v) is 5.17. The highest BCUT2D eigenvalue weighted by atomic mass is 35.5. The number of likely N-dealkylation sites (tertiary alicyclic amines) is 1. The molecule has 0 bridgehead atoms. The summed E-state index contributed by atoms with van der Waals surface area (Å²) >= 11 is 6.05. The third kappa shape index (κ3) is 5.01. The summed E-state index contributed by atoms with van der Waals surface area (Å²) in [6.07, 6.45) is 2.82. The Hall–Kier alpha value is -2.53. The highest BCUT2D eigenvalue weighted by Gasteiger charge is 2.27. The molecule has 1 aliphatic heterocycles. The Kier molecular flexibility index (Phi) is 6.35. The summed E-state index contributed by atoms with van der Waals surface area (Å²) in [4.78, 5) is 26.3. The lowest BCUT2D eigenvalue weighted by Gasteiger charge is -2.31. The van der Waals surface area contributed by atoms with Crippen molar-refractivity contribution in [3.05, 3.63) is 59.1 Å². The number of benzene rings is 2. The molecule has 0 unspecified atom stereocenters. The monoisotopic (exact) mass is 386 g/mol.